The molecule has 6 nitrogen and oxygen atoms in total. The van der Waals surface area contributed by atoms with E-state index in [0.717, 1.165) is 19.3 Å². The van der Waals surface area contributed by atoms with Crippen LogP contribution in [-0.4, -0.2) is 45.6 Å². The highest BCUT2D eigenvalue weighted by Crippen LogP contribution is 1.90. The number of carboxylic acid groups (broad SMARTS) is 2. The highest BCUT2D eigenvalue weighted by atomic mass is 16.4. The molecule has 0 fully saturated rings. The molecular weight excluding hydrogens is 204 g/mol. The Bertz CT molecular complexity index is 150. The molecule has 0 aliphatic heterocycles. The molecule has 0 aromatic rings. The van der Waals surface area contributed by atoms with Gasteiger partial charge in [-0.15, -0.1) is 0 Å². The summed E-state index contributed by atoms with van der Waals surface area (Å²) in [7, 11) is 0. The summed E-state index contributed by atoms with van der Waals surface area (Å²) >= 11 is 0. The van der Waals surface area contributed by atoms with Crippen molar-refractivity contribution in [3.8, 4) is 0 Å². The van der Waals surface area contributed by atoms with Crippen LogP contribution in [0.4, 0.5) is 0 Å². The molecule has 0 aromatic heterocycles. The van der Waals surface area contributed by atoms with Gasteiger partial charge in [0, 0.05) is 13.2 Å². The standard InChI is InChI=1S/C5H12O2.C4H6O4/c6-4-2-1-3-5-7;5-3(6)1-2-4(7)8/h6-7H,1-5H2;1-2H2,(H,5,6)(H,7,8). The van der Waals surface area contributed by atoms with Gasteiger partial charge >= 0.3 is 11.9 Å². The second-order valence-electron chi connectivity index (χ2n) is 2.80. The van der Waals surface area contributed by atoms with Crippen molar-refractivity contribution in [2.45, 2.75) is 32.1 Å². The summed E-state index contributed by atoms with van der Waals surface area (Å²) in [6.07, 6.45) is 1.98. The molecule has 0 bridgehead atoms. The zero-order valence-electron chi connectivity index (χ0n) is 8.56. The fraction of sp³-hybridized carbons (Fsp3) is 0.778. The first-order chi connectivity index (χ1) is 7.04. The largest absolute Gasteiger partial charge is 0.481 e. The van der Waals surface area contributed by atoms with Crippen molar-refractivity contribution >= 4 is 11.9 Å². The van der Waals surface area contributed by atoms with Crippen molar-refractivity contribution in [3.63, 3.8) is 0 Å². The molecule has 0 saturated carbocycles. The Kier molecular flexibility index (Phi) is 14.0. The third-order valence-electron chi connectivity index (χ3n) is 1.37. The maximum atomic E-state index is 9.64. The first-order valence-corrected chi connectivity index (χ1v) is 4.70. The van der Waals surface area contributed by atoms with E-state index in [2.05, 4.69) is 0 Å². The van der Waals surface area contributed by atoms with Gasteiger partial charge in [0.15, 0.2) is 0 Å². The Hall–Kier alpha value is -1.14. The van der Waals surface area contributed by atoms with Crippen molar-refractivity contribution in [2.75, 3.05) is 13.2 Å². The van der Waals surface area contributed by atoms with Crippen LogP contribution in [0.3, 0.4) is 0 Å². The van der Waals surface area contributed by atoms with Crippen LogP contribution in [-0.2, 0) is 9.59 Å². The van der Waals surface area contributed by atoms with E-state index >= 15 is 0 Å². The van der Waals surface area contributed by atoms with Crippen LogP contribution in [0.1, 0.15) is 32.1 Å². The van der Waals surface area contributed by atoms with Gasteiger partial charge in [-0.05, 0) is 19.3 Å². The Morgan fingerprint density at radius 2 is 1.07 bits per heavy atom. The number of aliphatic carboxylic acids is 2. The molecule has 90 valence electrons. The summed E-state index contributed by atoms with van der Waals surface area (Å²) in [5, 5.41) is 32.2. The highest BCUT2D eigenvalue weighted by molar-refractivity contribution is 5.75. The molecule has 0 amide bonds. The van der Waals surface area contributed by atoms with Crippen LogP contribution in [0.15, 0.2) is 0 Å². The molecule has 0 spiro atoms. The third-order valence-corrected chi connectivity index (χ3v) is 1.37. The minimum absolute atomic E-state index is 0.250. The Morgan fingerprint density at radius 3 is 1.27 bits per heavy atom. The predicted octanol–water partition coefficient (Wildman–Crippen LogP) is 0.0771. The summed E-state index contributed by atoms with van der Waals surface area (Å²) in [6.45, 7) is 0.500. The molecule has 0 rings (SSSR count). The lowest BCUT2D eigenvalue weighted by atomic mass is 10.2. The number of aliphatic hydroxyl groups is 2. The van der Waals surface area contributed by atoms with E-state index in [1.54, 1.807) is 0 Å². The minimum atomic E-state index is -1.08. The van der Waals surface area contributed by atoms with E-state index in [9.17, 15) is 9.59 Å². The molecule has 6 heteroatoms. The molecular formula is C9H18O6. The number of unbranched alkanes of at least 4 members (excludes halogenated alkanes) is 2. The molecule has 0 heterocycles. The van der Waals surface area contributed by atoms with Crippen LogP contribution < -0.4 is 0 Å². The van der Waals surface area contributed by atoms with Gasteiger partial charge in [-0.3, -0.25) is 9.59 Å². The molecule has 0 aromatic carbocycles. The lowest BCUT2D eigenvalue weighted by molar-refractivity contribution is -0.143. The Labute approximate surface area is 88.2 Å². The summed E-state index contributed by atoms with van der Waals surface area (Å²) < 4.78 is 0. The van der Waals surface area contributed by atoms with Crippen molar-refractivity contribution in [3.05, 3.63) is 0 Å². The maximum absolute atomic E-state index is 9.64. The van der Waals surface area contributed by atoms with Gasteiger partial charge in [0.2, 0.25) is 0 Å². The number of rotatable bonds is 7. The first-order valence-electron chi connectivity index (χ1n) is 4.70. The van der Waals surface area contributed by atoms with Crippen molar-refractivity contribution in [1.29, 1.82) is 0 Å². The van der Waals surface area contributed by atoms with Gasteiger partial charge in [0.25, 0.3) is 0 Å². The van der Waals surface area contributed by atoms with E-state index in [-0.39, 0.29) is 26.1 Å². The SMILES string of the molecule is O=C(O)CCC(=O)O.OCCCCCO. The first kappa shape index (κ1) is 16.3. The van der Waals surface area contributed by atoms with Crippen molar-refractivity contribution in [1.82, 2.24) is 0 Å². The molecule has 0 aliphatic carbocycles. The quantitative estimate of drug-likeness (QED) is 0.453. The number of hydrogen-bond donors (Lipinski definition) is 4. The second-order valence-corrected chi connectivity index (χ2v) is 2.80. The average Bonchev–Trinajstić information content (AvgIpc) is 2.17. The lowest BCUT2D eigenvalue weighted by Gasteiger charge is -1.90. The Balaban J connectivity index is 0. The second kappa shape index (κ2) is 12.9. The van der Waals surface area contributed by atoms with Crippen LogP contribution in [0.5, 0.6) is 0 Å². The van der Waals surface area contributed by atoms with E-state index in [1.165, 1.54) is 0 Å². The topological polar surface area (TPSA) is 115 Å². The van der Waals surface area contributed by atoms with Gasteiger partial charge in [0.05, 0.1) is 12.8 Å². The van der Waals surface area contributed by atoms with Gasteiger partial charge in [-0.25, -0.2) is 0 Å². The smallest absolute Gasteiger partial charge is 0.303 e. The molecule has 15 heavy (non-hydrogen) atoms. The van der Waals surface area contributed by atoms with Crippen molar-refractivity contribution < 1.29 is 30.0 Å². The van der Waals surface area contributed by atoms with Gasteiger partial charge in [0.1, 0.15) is 0 Å². The maximum Gasteiger partial charge on any atom is 0.303 e. The Morgan fingerprint density at radius 1 is 0.733 bits per heavy atom. The van der Waals surface area contributed by atoms with Crippen LogP contribution >= 0.6 is 0 Å². The molecule has 0 atom stereocenters. The highest BCUT2D eigenvalue weighted by Gasteiger charge is 2.00. The fourth-order valence-corrected chi connectivity index (χ4v) is 0.614. The van der Waals surface area contributed by atoms with E-state index in [1.807, 2.05) is 0 Å². The summed E-state index contributed by atoms with van der Waals surface area (Å²) in [5.74, 6) is -2.15. The zero-order valence-corrected chi connectivity index (χ0v) is 8.56. The lowest BCUT2D eigenvalue weighted by Crippen LogP contribution is -2.00. The number of hydrogen-bond acceptors (Lipinski definition) is 4. The third kappa shape index (κ3) is 24.6. The van der Waals surface area contributed by atoms with E-state index in [0.29, 0.717) is 0 Å². The van der Waals surface area contributed by atoms with Gasteiger partial charge < -0.3 is 20.4 Å². The van der Waals surface area contributed by atoms with E-state index < -0.39 is 11.9 Å². The predicted molar refractivity (Wildman–Crippen MR) is 52.5 cm³/mol. The number of carboxylic acids is 2. The average molecular weight is 222 g/mol. The molecule has 0 radical (unpaired) electrons. The molecule has 0 aliphatic rings. The number of carbonyl (C=O) groups is 2. The summed E-state index contributed by atoms with van der Waals surface area (Å²) in [5.41, 5.74) is 0. The molecule has 0 saturated heterocycles. The van der Waals surface area contributed by atoms with Crippen LogP contribution in [0, 0.1) is 0 Å². The minimum Gasteiger partial charge on any atom is -0.481 e. The fourth-order valence-electron chi connectivity index (χ4n) is 0.614. The van der Waals surface area contributed by atoms with Crippen LogP contribution in [0.25, 0.3) is 0 Å². The summed E-state index contributed by atoms with van der Waals surface area (Å²) in [6, 6.07) is 0. The monoisotopic (exact) mass is 222 g/mol. The van der Waals surface area contributed by atoms with Crippen molar-refractivity contribution in [2.24, 2.45) is 0 Å². The van der Waals surface area contributed by atoms with Gasteiger partial charge in [-0.1, -0.05) is 0 Å². The molecule has 4 N–H and O–H groups in total. The number of aliphatic hydroxyl groups excluding tert-OH is 2. The zero-order chi connectivity index (χ0) is 12.1. The van der Waals surface area contributed by atoms with Crippen LogP contribution in [0.2, 0.25) is 0 Å². The molecule has 0 unspecified atom stereocenters. The van der Waals surface area contributed by atoms with Gasteiger partial charge in [-0.2, -0.15) is 0 Å². The van der Waals surface area contributed by atoms with E-state index in [4.69, 9.17) is 20.4 Å². The normalized spacial score (nSPS) is 8.93. The summed E-state index contributed by atoms with van der Waals surface area (Å²) in [4.78, 5) is 19.3.